The van der Waals surface area contributed by atoms with Crippen molar-refractivity contribution in [3.63, 3.8) is 0 Å². The number of halogens is 4. The highest BCUT2D eigenvalue weighted by atomic mass is 35.5. The number of carbonyl (C=O) groups excluding carboxylic acids is 1. The van der Waals surface area contributed by atoms with E-state index < -0.39 is 17.5 Å². The molecule has 0 aliphatic heterocycles. The van der Waals surface area contributed by atoms with Gasteiger partial charge in [-0.1, -0.05) is 29.8 Å². The first-order chi connectivity index (χ1) is 11.2. The molecule has 0 atom stereocenters. The third kappa shape index (κ3) is 4.14. The maximum Gasteiger partial charge on any atom is 0.416 e. The topological polar surface area (TPSA) is 53.0 Å². The van der Waals surface area contributed by atoms with Gasteiger partial charge in [0.15, 0.2) is 6.29 Å². The molecule has 2 aromatic carbocycles. The summed E-state index contributed by atoms with van der Waals surface area (Å²) in [7, 11) is 0. The zero-order chi connectivity index (χ0) is 17.9. The lowest BCUT2D eigenvalue weighted by Crippen LogP contribution is -2.11. The van der Waals surface area contributed by atoms with E-state index in [1.54, 1.807) is 12.1 Å². The molecule has 2 N–H and O–H groups in total. The van der Waals surface area contributed by atoms with E-state index in [1.807, 2.05) is 13.0 Å². The van der Waals surface area contributed by atoms with Gasteiger partial charge in [-0.2, -0.15) is 13.2 Å². The van der Waals surface area contributed by atoms with Crippen molar-refractivity contribution < 1.29 is 18.0 Å². The van der Waals surface area contributed by atoms with E-state index in [9.17, 15) is 18.0 Å². The smallest absolute Gasteiger partial charge is 0.380 e. The predicted octanol–water partition coefficient (Wildman–Crippen LogP) is 4.85. The van der Waals surface area contributed by atoms with E-state index >= 15 is 0 Å². The summed E-state index contributed by atoms with van der Waals surface area (Å²) in [5.74, 6) is 0. The molecule has 0 aliphatic carbocycles. The van der Waals surface area contributed by atoms with Crippen LogP contribution in [0.1, 0.15) is 22.3 Å². The van der Waals surface area contributed by atoms with Gasteiger partial charge in [0.05, 0.1) is 5.56 Å². The minimum absolute atomic E-state index is 0.0542. The summed E-state index contributed by atoms with van der Waals surface area (Å²) < 4.78 is 38.6. The molecule has 3 nitrogen and oxygen atoms in total. The zero-order valence-corrected chi connectivity index (χ0v) is 13.4. The number of anilines is 1. The van der Waals surface area contributed by atoms with E-state index in [-0.39, 0.29) is 24.1 Å². The van der Waals surface area contributed by atoms with Crippen LogP contribution < -0.4 is 5.32 Å². The lowest BCUT2D eigenvalue weighted by Gasteiger charge is -2.15. The van der Waals surface area contributed by atoms with E-state index in [2.05, 4.69) is 5.32 Å². The first kappa shape index (κ1) is 18.0. The molecule has 0 saturated heterocycles. The van der Waals surface area contributed by atoms with Crippen LogP contribution in [0.4, 0.5) is 18.9 Å². The van der Waals surface area contributed by atoms with Crippen LogP contribution in [0.3, 0.4) is 0 Å². The second-order valence-electron chi connectivity index (χ2n) is 5.24. The Labute approximate surface area is 142 Å². The van der Waals surface area contributed by atoms with Crippen molar-refractivity contribution in [2.24, 2.45) is 0 Å². The van der Waals surface area contributed by atoms with Crippen molar-refractivity contribution in [2.75, 3.05) is 5.32 Å². The Hall–Kier alpha value is -2.34. The van der Waals surface area contributed by atoms with Gasteiger partial charge in [0, 0.05) is 22.8 Å². The normalized spacial score (nSPS) is 11.2. The first-order valence-corrected chi connectivity index (χ1v) is 7.34. The molecule has 0 fully saturated rings. The lowest BCUT2D eigenvalue weighted by molar-refractivity contribution is -0.137. The highest BCUT2D eigenvalue weighted by Crippen LogP contribution is 2.32. The maximum absolute atomic E-state index is 12.9. The van der Waals surface area contributed by atoms with Gasteiger partial charge in [0.2, 0.25) is 0 Å². The third-order valence-electron chi connectivity index (χ3n) is 3.43. The predicted molar refractivity (Wildman–Crippen MR) is 87.9 cm³/mol. The standard InChI is InChI=1S/C17H14ClF3N2O/c1-10-2-3-11(14(18)6-10)8-23-16-7-12(17(19,20)21)4-5-13(16)15(22)9-24/h2-7,9,22-23H,8H2,1H3. The molecule has 126 valence electrons. The van der Waals surface area contributed by atoms with E-state index in [0.717, 1.165) is 23.8 Å². The van der Waals surface area contributed by atoms with Crippen LogP contribution in [-0.2, 0) is 17.5 Å². The minimum Gasteiger partial charge on any atom is -0.380 e. The molecule has 2 aromatic rings. The van der Waals surface area contributed by atoms with Crippen molar-refractivity contribution in [3.8, 4) is 0 Å². The van der Waals surface area contributed by atoms with Crippen molar-refractivity contribution in [2.45, 2.75) is 19.6 Å². The minimum atomic E-state index is -4.51. The van der Waals surface area contributed by atoms with Crippen LogP contribution in [0.5, 0.6) is 0 Å². The number of aryl methyl sites for hydroxylation is 1. The molecule has 0 heterocycles. The maximum atomic E-state index is 12.9. The van der Waals surface area contributed by atoms with Crippen LogP contribution in [0.2, 0.25) is 5.02 Å². The highest BCUT2D eigenvalue weighted by molar-refractivity contribution is 6.36. The summed E-state index contributed by atoms with van der Waals surface area (Å²) in [6.45, 7) is 2.04. The molecule has 0 aromatic heterocycles. The molecule has 0 unspecified atom stereocenters. The second kappa shape index (κ2) is 7.05. The molecule has 2 rings (SSSR count). The van der Waals surface area contributed by atoms with Crippen molar-refractivity contribution in [3.05, 3.63) is 63.7 Å². The van der Waals surface area contributed by atoms with E-state index in [1.165, 1.54) is 0 Å². The summed E-state index contributed by atoms with van der Waals surface area (Å²) in [5.41, 5.74) is 0.554. The summed E-state index contributed by atoms with van der Waals surface area (Å²) in [4.78, 5) is 10.8. The fourth-order valence-electron chi connectivity index (χ4n) is 2.15. The van der Waals surface area contributed by atoms with Gasteiger partial charge in [-0.25, -0.2) is 0 Å². The number of nitrogens with one attached hydrogen (secondary N) is 2. The number of rotatable bonds is 5. The van der Waals surface area contributed by atoms with Crippen LogP contribution in [-0.4, -0.2) is 12.0 Å². The molecule has 0 saturated carbocycles. The summed E-state index contributed by atoms with van der Waals surface area (Å²) in [6, 6.07) is 8.19. The van der Waals surface area contributed by atoms with E-state index in [4.69, 9.17) is 17.0 Å². The van der Waals surface area contributed by atoms with E-state index in [0.29, 0.717) is 10.6 Å². The van der Waals surface area contributed by atoms with Crippen LogP contribution >= 0.6 is 11.6 Å². The quantitative estimate of drug-likeness (QED) is 0.596. The Bertz CT molecular complexity index is 788. The van der Waals surface area contributed by atoms with Gasteiger partial charge >= 0.3 is 6.18 Å². The Morgan fingerprint density at radius 3 is 2.54 bits per heavy atom. The molecule has 0 aliphatic rings. The van der Waals surface area contributed by atoms with Crippen molar-refractivity contribution in [1.29, 1.82) is 5.41 Å². The molecular formula is C17H14ClF3N2O. The third-order valence-corrected chi connectivity index (χ3v) is 3.78. The molecule has 0 radical (unpaired) electrons. The Morgan fingerprint density at radius 1 is 1.25 bits per heavy atom. The van der Waals surface area contributed by atoms with Crippen LogP contribution in [0, 0.1) is 12.3 Å². The second-order valence-corrected chi connectivity index (χ2v) is 5.65. The average Bonchev–Trinajstić information content (AvgIpc) is 2.52. The molecule has 24 heavy (non-hydrogen) atoms. The lowest BCUT2D eigenvalue weighted by atomic mass is 10.0. The van der Waals surface area contributed by atoms with Gasteiger partial charge in [0.25, 0.3) is 0 Å². The number of hydrogen-bond acceptors (Lipinski definition) is 3. The Morgan fingerprint density at radius 2 is 1.96 bits per heavy atom. The monoisotopic (exact) mass is 354 g/mol. The molecule has 0 amide bonds. The zero-order valence-electron chi connectivity index (χ0n) is 12.7. The van der Waals surface area contributed by atoms with Gasteiger partial charge in [0.1, 0.15) is 5.71 Å². The molecular weight excluding hydrogens is 341 g/mol. The van der Waals surface area contributed by atoms with Gasteiger partial charge in [-0.05, 0) is 36.2 Å². The van der Waals surface area contributed by atoms with Crippen molar-refractivity contribution >= 4 is 29.3 Å². The van der Waals surface area contributed by atoms with Crippen molar-refractivity contribution in [1.82, 2.24) is 0 Å². The summed E-state index contributed by atoms with van der Waals surface area (Å²) in [6.07, 6.45) is -4.23. The SMILES string of the molecule is Cc1ccc(CNc2cc(C(F)(F)F)ccc2C(=N)C=O)c(Cl)c1. The van der Waals surface area contributed by atoms with Crippen LogP contribution in [0.25, 0.3) is 0 Å². The summed E-state index contributed by atoms with van der Waals surface area (Å²) >= 11 is 6.11. The number of carbonyl (C=O) groups is 1. The Kier molecular flexibility index (Phi) is 5.29. The largest absolute Gasteiger partial charge is 0.416 e. The Balaban J connectivity index is 2.35. The summed E-state index contributed by atoms with van der Waals surface area (Å²) in [5, 5.41) is 10.9. The first-order valence-electron chi connectivity index (χ1n) is 6.96. The van der Waals surface area contributed by atoms with Gasteiger partial charge < -0.3 is 5.32 Å². The van der Waals surface area contributed by atoms with Gasteiger partial charge in [-0.3, -0.25) is 10.2 Å². The highest BCUT2D eigenvalue weighted by Gasteiger charge is 2.31. The number of hydrogen-bond donors (Lipinski definition) is 2. The fourth-order valence-corrected chi connectivity index (χ4v) is 2.45. The van der Waals surface area contributed by atoms with Gasteiger partial charge in [-0.15, -0.1) is 0 Å². The number of benzene rings is 2. The number of aldehydes is 1. The molecule has 7 heteroatoms. The fraction of sp³-hybridized carbons (Fsp3) is 0.176. The molecule has 0 bridgehead atoms. The number of alkyl halides is 3. The molecule has 0 spiro atoms. The van der Waals surface area contributed by atoms with Crippen LogP contribution in [0.15, 0.2) is 36.4 Å². The average molecular weight is 355 g/mol.